The lowest BCUT2D eigenvalue weighted by molar-refractivity contribution is -0.128. The highest BCUT2D eigenvalue weighted by Gasteiger charge is 2.18. The number of carbonyl (C=O) groups is 1. The van der Waals surface area contributed by atoms with Gasteiger partial charge in [-0.25, -0.2) is 0 Å². The van der Waals surface area contributed by atoms with Crippen LogP contribution < -0.4 is 5.73 Å². The van der Waals surface area contributed by atoms with Gasteiger partial charge in [0, 0.05) is 55.3 Å². The van der Waals surface area contributed by atoms with Crippen LogP contribution in [-0.2, 0) is 17.6 Å². The first-order valence-corrected chi connectivity index (χ1v) is 10.4. The van der Waals surface area contributed by atoms with E-state index in [1.807, 2.05) is 66.7 Å². The van der Waals surface area contributed by atoms with Crippen molar-refractivity contribution in [3.63, 3.8) is 0 Å². The number of rotatable bonds is 7. The quantitative estimate of drug-likeness (QED) is 0.445. The molecule has 4 rings (SSSR count). The highest BCUT2D eigenvalue weighted by molar-refractivity contribution is 5.92. The molecule has 0 saturated heterocycles. The minimum atomic E-state index is -0.252. The number of aryl methyl sites for hydroxylation is 1. The van der Waals surface area contributed by atoms with Gasteiger partial charge in [0.05, 0.1) is 0 Å². The molecule has 0 spiro atoms. The van der Waals surface area contributed by atoms with Crippen LogP contribution in [0.3, 0.4) is 0 Å². The van der Waals surface area contributed by atoms with Crippen LogP contribution >= 0.6 is 12.4 Å². The van der Waals surface area contributed by atoms with Crippen molar-refractivity contribution in [3.05, 3.63) is 83.7 Å². The Morgan fingerprint density at radius 3 is 2.53 bits per heavy atom. The Balaban J connectivity index is 0.00000289. The van der Waals surface area contributed by atoms with Gasteiger partial charge in [0.2, 0.25) is 5.91 Å². The molecule has 0 radical (unpaired) electrons. The zero-order valence-electron chi connectivity index (χ0n) is 18.2. The van der Waals surface area contributed by atoms with Crippen LogP contribution in [0.25, 0.3) is 22.2 Å². The van der Waals surface area contributed by atoms with E-state index in [2.05, 4.69) is 5.16 Å². The van der Waals surface area contributed by atoms with Crippen LogP contribution in [0.15, 0.2) is 71.3 Å². The van der Waals surface area contributed by atoms with Crippen molar-refractivity contribution < 1.29 is 9.32 Å². The van der Waals surface area contributed by atoms with E-state index in [4.69, 9.17) is 15.2 Å². The number of amides is 1. The molecule has 0 saturated carbocycles. The van der Waals surface area contributed by atoms with Crippen molar-refractivity contribution in [2.75, 3.05) is 14.1 Å². The lowest BCUT2D eigenvalue weighted by Crippen LogP contribution is -2.22. The molecule has 4 aromatic rings. The number of benzene rings is 2. The normalized spacial score (nSPS) is 11.7. The Hall–Kier alpha value is -3.22. The largest absolute Gasteiger partial charge is 0.356 e. The van der Waals surface area contributed by atoms with Crippen molar-refractivity contribution in [2.24, 2.45) is 5.73 Å². The van der Waals surface area contributed by atoms with Crippen molar-refractivity contribution in [2.45, 2.75) is 25.3 Å². The maximum atomic E-state index is 11.9. The van der Waals surface area contributed by atoms with E-state index < -0.39 is 0 Å². The van der Waals surface area contributed by atoms with Crippen LogP contribution in [0.2, 0.25) is 0 Å². The van der Waals surface area contributed by atoms with Gasteiger partial charge in [-0.2, -0.15) is 0 Å². The van der Waals surface area contributed by atoms with E-state index in [-0.39, 0.29) is 24.4 Å². The zero-order chi connectivity index (χ0) is 21.8. The summed E-state index contributed by atoms with van der Waals surface area (Å²) in [7, 11) is 3.53. The predicted octanol–water partition coefficient (Wildman–Crippen LogP) is 4.57. The number of nitrogens with two attached hydrogens (primary N) is 1. The number of para-hydroxylation sites is 1. The number of aromatic nitrogens is 2. The Morgan fingerprint density at radius 1 is 1.00 bits per heavy atom. The standard InChI is InChI=1S/C25H26N4O2.ClH/c1-29(2)24(30)15-14-17-8-7-9-18(27-17)16-22(26)19-10-3-4-11-20(19)25-21-12-5-6-13-23(21)31-28-25;/h3-13,22H,14-16,26H2,1-2H3;1H/t22-;/m0./s1. The second-order valence-corrected chi connectivity index (χ2v) is 7.83. The van der Waals surface area contributed by atoms with Gasteiger partial charge in [0.25, 0.3) is 0 Å². The molecule has 166 valence electrons. The molecule has 0 aliphatic rings. The molecule has 0 bridgehead atoms. The second-order valence-electron chi connectivity index (χ2n) is 7.83. The highest BCUT2D eigenvalue weighted by Crippen LogP contribution is 2.33. The summed E-state index contributed by atoms with van der Waals surface area (Å²) in [6.07, 6.45) is 1.64. The SMILES string of the molecule is CN(C)C(=O)CCc1cccc(C[C@H](N)c2ccccc2-c2noc3ccccc23)n1.Cl. The molecule has 1 amide bonds. The number of hydrogen-bond acceptors (Lipinski definition) is 5. The summed E-state index contributed by atoms with van der Waals surface area (Å²) >= 11 is 0. The Labute approximate surface area is 193 Å². The Kier molecular flexibility index (Phi) is 7.62. The van der Waals surface area contributed by atoms with Crippen LogP contribution in [-0.4, -0.2) is 35.0 Å². The first-order valence-electron chi connectivity index (χ1n) is 10.4. The molecular formula is C25H27ClN4O2. The van der Waals surface area contributed by atoms with Crippen molar-refractivity contribution >= 4 is 29.3 Å². The van der Waals surface area contributed by atoms with Crippen LogP contribution in [0.5, 0.6) is 0 Å². The number of hydrogen-bond donors (Lipinski definition) is 1. The number of pyridine rings is 1. The minimum absolute atomic E-state index is 0. The third-order valence-electron chi connectivity index (χ3n) is 5.38. The third-order valence-corrected chi connectivity index (χ3v) is 5.38. The Morgan fingerprint density at radius 2 is 1.72 bits per heavy atom. The van der Waals surface area contributed by atoms with Crippen molar-refractivity contribution in [3.8, 4) is 11.3 Å². The maximum absolute atomic E-state index is 11.9. The maximum Gasteiger partial charge on any atom is 0.222 e. The average molecular weight is 451 g/mol. The highest BCUT2D eigenvalue weighted by atomic mass is 35.5. The molecule has 0 aliphatic carbocycles. The fourth-order valence-electron chi connectivity index (χ4n) is 3.69. The average Bonchev–Trinajstić information content (AvgIpc) is 3.21. The van der Waals surface area contributed by atoms with E-state index in [9.17, 15) is 4.79 Å². The van der Waals surface area contributed by atoms with Gasteiger partial charge in [-0.05, 0) is 36.2 Å². The van der Waals surface area contributed by atoms with Gasteiger partial charge in [0.1, 0.15) is 5.69 Å². The second kappa shape index (κ2) is 10.4. The molecule has 32 heavy (non-hydrogen) atoms. The van der Waals surface area contributed by atoms with Gasteiger partial charge in [-0.15, -0.1) is 12.4 Å². The van der Waals surface area contributed by atoms with E-state index in [0.717, 1.165) is 39.2 Å². The first-order chi connectivity index (χ1) is 15.0. The van der Waals surface area contributed by atoms with E-state index >= 15 is 0 Å². The van der Waals surface area contributed by atoms with Gasteiger partial charge in [0.15, 0.2) is 5.58 Å². The topological polar surface area (TPSA) is 85.2 Å². The summed E-state index contributed by atoms with van der Waals surface area (Å²) in [5, 5.41) is 5.27. The van der Waals surface area contributed by atoms with Gasteiger partial charge in [-0.3, -0.25) is 9.78 Å². The number of halogens is 1. The van der Waals surface area contributed by atoms with Crippen molar-refractivity contribution in [1.82, 2.24) is 15.0 Å². The van der Waals surface area contributed by atoms with Gasteiger partial charge in [-0.1, -0.05) is 47.6 Å². The third kappa shape index (κ3) is 5.15. The number of nitrogens with zero attached hydrogens (tertiary/aromatic N) is 3. The van der Waals surface area contributed by atoms with Crippen molar-refractivity contribution in [1.29, 1.82) is 0 Å². The smallest absolute Gasteiger partial charge is 0.222 e. The monoisotopic (exact) mass is 450 g/mol. The molecule has 2 N–H and O–H groups in total. The molecule has 0 fully saturated rings. The van der Waals surface area contributed by atoms with E-state index in [1.165, 1.54) is 0 Å². The summed E-state index contributed by atoms with van der Waals surface area (Å²) < 4.78 is 5.50. The van der Waals surface area contributed by atoms with Gasteiger partial charge >= 0.3 is 0 Å². The first kappa shape index (κ1) is 23.4. The van der Waals surface area contributed by atoms with Gasteiger partial charge < -0.3 is 15.2 Å². The van der Waals surface area contributed by atoms with E-state index in [1.54, 1.807) is 19.0 Å². The summed E-state index contributed by atoms with van der Waals surface area (Å²) in [6, 6.07) is 21.5. The summed E-state index contributed by atoms with van der Waals surface area (Å²) in [5.74, 6) is 0.0951. The summed E-state index contributed by atoms with van der Waals surface area (Å²) in [5.41, 5.74) is 11.9. The molecular weight excluding hydrogens is 424 g/mol. The molecule has 2 heterocycles. The number of fused-ring (bicyclic) bond motifs is 1. The van der Waals surface area contributed by atoms with E-state index in [0.29, 0.717) is 19.3 Å². The predicted molar refractivity (Wildman–Crippen MR) is 129 cm³/mol. The molecule has 7 heteroatoms. The van der Waals surface area contributed by atoms with Crippen LogP contribution in [0, 0.1) is 0 Å². The molecule has 2 aromatic heterocycles. The zero-order valence-corrected chi connectivity index (χ0v) is 19.0. The lowest BCUT2D eigenvalue weighted by atomic mass is 9.94. The molecule has 0 aliphatic heterocycles. The lowest BCUT2D eigenvalue weighted by Gasteiger charge is -2.16. The fraction of sp³-hybridized carbons (Fsp3) is 0.240. The molecule has 6 nitrogen and oxygen atoms in total. The molecule has 0 unspecified atom stereocenters. The summed E-state index contributed by atoms with van der Waals surface area (Å²) in [6.45, 7) is 0. The fourth-order valence-corrected chi connectivity index (χ4v) is 3.69. The van der Waals surface area contributed by atoms with Crippen LogP contribution in [0.4, 0.5) is 0 Å². The Bertz CT molecular complexity index is 1210. The molecule has 2 aromatic carbocycles. The minimum Gasteiger partial charge on any atom is -0.356 e. The number of carbonyl (C=O) groups excluding carboxylic acids is 1. The molecule has 1 atom stereocenters. The summed E-state index contributed by atoms with van der Waals surface area (Å²) in [4.78, 5) is 18.2. The van der Waals surface area contributed by atoms with Crippen LogP contribution in [0.1, 0.15) is 29.4 Å².